The molecule has 0 fully saturated rings. The first-order valence-corrected chi connectivity index (χ1v) is 6.24. The Morgan fingerprint density at radius 1 is 1.13 bits per heavy atom. The van der Waals surface area contributed by atoms with Gasteiger partial charge in [0.2, 0.25) is 0 Å². The van der Waals surface area contributed by atoms with Crippen LogP contribution in [0.15, 0.2) is 0 Å². The lowest BCUT2D eigenvalue weighted by Crippen LogP contribution is -2.29. The predicted molar refractivity (Wildman–Crippen MR) is 67.3 cm³/mol. The first-order chi connectivity index (χ1) is 6.98. The molecule has 2 nitrogen and oxygen atoms in total. The summed E-state index contributed by atoms with van der Waals surface area (Å²) in [6.07, 6.45) is 5.07. The van der Waals surface area contributed by atoms with Gasteiger partial charge in [0.1, 0.15) is 0 Å². The first kappa shape index (κ1) is 14.9. The minimum absolute atomic E-state index is 0.0188. The fourth-order valence-corrected chi connectivity index (χ4v) is 1.42. The van der Waals surface area contributed by atoms with E-state index in [0.717, 1.165) is 25.4 Å². The van der Waals surface area contributed by atoms with Crippen molar-refractivity contribution in [1.29, 1.82) is 0 Å². The van der Waals surface area contributed by atoms with Crippen molar-refractivity contribution in [1.82, 2.24) is 5.32 Å². The Kier molecular flexibility index (Phi) is 8.07. The highest BCUT2D eigenvalue weighted by Crippen LogP contribution is 2.11. The van der Waals surface area contributed by atoms with Crippen LogP contribution in [0.5, 0.6) is 0 Å². The maximum atomic E-state index is 5.36. The van der Waals surface area contributed by atoms with E-state index in [4.69, 9.17) is 4.74 Å². The molecular weight excluding hydrogens is 186 g/mol. The number of methoxy groups -OCH3 is 1. The molecule has 0 aromatic carbocycles. The van der Waals surface area contributed by atoms with Crippen LogP contribution in [0.25, 0.3) is 0 Å². The van der Waals surface area contributed by atoms with E-state index in [1.54, 1.807) is 7.11 Å². The standard InChI is InChI=1S/C13H29NO/c1-12(2)8-6-7-10-14-11-9-13(3,4)15-5/h12,14H,6-11H2,1-5H3. The molecule has 0 aliphatic heterocycles. The Hall–Kier alpha value is -0.0800. The van der Waals surface area contributed by atoms with Crippen LogP contribution in [0.4, 0.5) is 0 Å². The second kappa shape index (κ2) is 8.12. The van der Waals surface area contributed by atoms with Crippen molar-refractivity contribution in [3.8, 4) is 0 Å². The Balaban J connectivity index is 3.18. The average Bonchev–Trinajstić information content (AvgIpc) is 2.16. The monoisotopic (exact) mass is 215 g/mol. The lowest BCUT2D eigenvalue weighted by atomic mass is 10.1. The molecule has 92 valence electrons. The summed E-state index contributed by atoms with van der Waals surface area (Å²) in [5.41, 5.74) is 0.0188. The lowest BCUT2D eigenvalue weighted by Gasteiger charge is -2.22. The zero-order valence-corrected chi connectivity index (χ0v) is 11.2. The summed E-state index contributed by atoms with van der Waals surface area (Å²) in [4.78, 5) is 0. The van der Waals surface area contributed by atoms with Crippen molar-refractivity contribution in [2.45, 2.75) is 59.0 Å². The third kappa shape index (κ3) is 10.2. The van der Waals surface area contributed by atoms with Gasteiger partial charge in [-0.1, -0.05) is 26.7 Å². The molecule has 0 aliphatic carbocycles. The second-order valence-electron chi connectivity index (χ2n) is 5.35. The molecule has 0 atom stereocenters. The number of hydrogen-bond acceptors (Lipinski definition) is 2. The normalized spacial score (nSPS) is 12.4. The zero-order chi connectivity index (χ0) is 11.7. The zero-order valence-electron chi connectivity index (χ0n) is 11.2. The van der Waals surface area contributed by atoms with Crippen LogP contribution in [-0.2, 0) is 4.74 Å². The van der Waals surface area contributed by atoms with E-state index in [1.165, 1.54) is 19.3 Å². The van der Waals surface area contributed by atoms with Gasteiger partial charge in [-0.05, 0) is 45.7 Å². The van der Waals surface area contributed by atoms with Crippen molar-refractivity contribution in [3.05, 3.63) is 0 Å². The highest BCUT2D eigenvalue weighted by atomic mass is 16.5. The number of ether oxygens (including phenoxy) is 1. The van der Waals surface area contributed by atoms with Gasteiger partial charge < -0.3 is 10.1 Å². The van der Waals surface area contributed by atoms with E-state index in [-0.39, 0.29) is 5.60 Å². The van der Waals surface area contributed by atoms with E-state index in [0.29, 0.717) is 0 Å². The van der Waals surface area contributed by atoms with Crippen LogP contribution in [0.3, 0.4) is 0 Å². The minimum Gasteiger partial charge on any atom is -0.379 e. The van der Waals surface area contributed by atoms with Gasteiger partial charge in [-0.25, -0.2) is 0 Å². The molecule has 0 aromatic heterocycles. The van der Waals surface area contributed by atoms with Gasteiger partial charge in [0, 0.05) is 7.11 Å². The van der Waals surface area contributed by atoms with Crippen LogP contribution >= 0.6 is 0 Å². The summed E-state index contributed by atoms with van der Waals surface area (Å²) in [7, 11) is 1.78. The molecule has 0 saturated carbocycles. The molecule has 0 bridgehead atoms. The first-order valence-electron chi connectivity index (χ1n) is 6.24. The third-order valence-electron chi connectivity index (χ3n) is 2.84. The molecule has 15 heavy (non-hydrogen) atoms. The molecule has 0 aromatic rings. The molecule has 0 amide bonds. The lowest BCUT2D eigenvalue weighted by molar-refractivity contribution is 0.0159. The van der Waals surface area contributed by atoms with Crippen LogP contribution in [0.2, 0.25) is 0 Å². The molecule has 0 heterocycles. The summed E-state index contributed by atoms with van der Waals surface area (Å²) in [5, 5.41) is 3.47. The Morgan fingerprint density at radius 3 is 2.33 bits per heavy atom. The van der Waals surface area contributed by atoms with Gasteiger partial charge in [0.15, 0.2) is 0 Å². The van der Waals surface area contributed by atoms with Gasteiger partial charge in [-0.3, -0.25) is 0 Å². The SMILES string of the molecule is COC(C)(C)CCNCCCCC(C)C. The van der Waals surface area contributed by atoms with Gasteiger partial charge in [0.05, 0.1) is 5.60 Å². The Bertz CT molecular complexity index is 143. The molecule has 0 spiro atoms. The van der Waals surface area contributed by atoms with E-state index in [1.807, 2.05) is 0 Å². The summed E-state index contributed by atoms with van der Waals surface area (Å²) >= 11 is 0. The second-order valence-corrected chi connectivity index (χ2v) is 5.35. The summed E-state index contributed by atoms with van der Waals surface area (Å²) in [5.74, 6) is 0.845. The summed E-state index contributed by atoms with van der Waals surface area (Å²) in [6.45, 7) is 11.0. The Labute approximate surface area is 95.8 Å². The quantitative estimate of drug-likeness (QED) is 0.596. The van der Waals surface area contributed by atoms with E-state index < -0.39 is 0 Å². The molecule has 1 N–H and O–H groups in total. The summed E-state index contributed by atoms with van der Waals surface area (Å²) in [6, 6.07) is 0. The topological polar surface area (TPSA) is 21.3 Å². The van der Waals surface area contributed by atoms with Gasteiger partial charge >= 0.3 is 0 Å². The van der Waals surface area contributed by atoms with Crippen molar-refractivity contribution in [3.63, 3.8) is 0 Å². The molecule has 2 heteroatoms. The number of unbranched alkanes of at least 4 members (excludes halogenated alkanes) is 1. The molecule has 0 aliphatic rings. The summed E-state index contributed by atoms with van der Waals surface area (Å²) < 4.78 is 5.36. The maximum absolute atomic E-state index is 5.36. The van der Waals surface area contributed by atoms with Crippen LogP contribution in [0.1, 0.15) is 53.4 Å². The largest absolute Gasteiger partial charge is 0.379 e. The molecular formula is C13H29NO. The molecule has 0 saturated heterocycles. The average molecular weight is 215 g/mol. The molecule has 0 rings (SSSR count). The van der Waals surface area contributed by atoms with Crippen molar-refractivity contribution in [2.24, 2.45) is 5.92 Å². The highest BCUT2D eigenvalue weighted by molar-refractivity contribution is 4.68. The minimum atomic E-state index is 0.0188. The fraction of sp³-hybridized carbons (Fsp3) is 1.00. The number of nitrogens with one attached hydrogen (secondary N) is 1. The highest BCUT2D eigenvalue weighted by Gasteiger charge is 2.14. The molecule has 0 radical (unpaired) electrons. The fourth-order valence-electron chi connectivity index (χ4n) is 1.42. The van der Waals surface area contributed by atoms with Gasteiger partial charge in [-0.2, -0.15) is 0 Å². The predicted octanol–water partition coefficient (Wildman–Crippen LogP) is 3.22. The van der Waals surface area contributed by atoms with Crippen molar-refractivity contribution in [2.75, 3.05) is 20.2 Å². The third-order valence-corrected chi connectivity index (χ3v) is 2.84. The number of rotatable bonds is 9. The molecule has 0 unspecified atom stereocenters. The van der Waals surface area contributed by atoms with Crippen molar-refractivity contribution >= 4 is 0 Å². The van der Waals surface area contributed by atoms with Crippen LogP contribution in [0, 0.1) is 5.92 Å². The van der Waals surface area contributed by atoms with E-state index in [9.17, 15) is 0 Å². The van der Waals surface area contributed by atoms with Crippen molar-refractivity contribution < 1.29 is 4.74 Å². The smallest absolute Gasteiger partial charge is 0.0634 e. The maximum Gasteiger partial charge on any atom is 0.0634 e. The number of hydrogen-bond donors (Lipinski definition) is 1. The van der Waals surface area contributed by atoms with E-state index >= 15 is 0 Å². The van der Waals surface area contributed by atoms with E-state index in [2.05, 4.69) is 33.0 Å². The Morgan fingerprint density at radius 2 is 1.80 bits per heavy atom. The van der Waals surface area contributed by atoms with Gasteiger partial charge in [0.25, 0.3) is 0 Å². The van der Waals surface area contributed by atoms with Crippen LogP contribution in [-0.4, -0.2) is 25.8 Å². The van der Waals surface area contributed by atoms with Crippen LogP contribution < -0.4 is 5.32 Å². The van der Waals surface area contributed by atoms with Gasteiger partial charge in [-0.15, -0.1) is 0 Å².